The zero-order valence-corrected chi connectivity index (χ0v) is 21.2. The van der Waals surface area contributed by atoms with Gasteiger partial charge >= 0.3 is 0 Å². The first-order valence-corrected chi connectivity index (χ1v) is 12.2. The van der Waals surface area contributed by atoms with Crippen molar-refractivity contribution >= 4 is 0 Å². The van der Waals surface area contributed by atoms with E-state index in [1.165, 1.54) is 12.1 Å². The number of rotatable bonds is 15. The van der Waals surface area contributed by atoms with Gasteiger partial charge in [-0.15, -0.1) is 0 Å². The van der Waals surface area contributed by atoms with Gasteiger partial charge in [0.2, 0.25) is 0 Å². The van der Waals surface area contributed by atoms with Gasteiger partial charge in [-0.25, -0.2) is 0 Å². The second-order valence-electron chi connectivity index (χ2n) is 8.64. The molecule has 0 aromatic carbocycles. The Hall–Kier alpha value is -2.10. The monoisotopic (exact) mass is 523 g/mol. The number of hydrogen-bond acceptors (Lipinski definition) is 12. The van der Waals surface area contributed by atoms with Crippen molar-refractivity contribution in [1.82, 2.24) is 15.0 Å². The largest absolute Gasteiger partial charge is 0.394 e. The second-order valence-corrected chi connectivity index (χ2v) is 8.64. The summed E-state index contributed by atoms with van der Waals surface area (Å²) in [6.07, 6.45) is -2.79. The van der Waals surface area contributed by atoms with Crippen LogP contribution in [0.25, 0.3) is 11.4 Å². The van der Waals surface area contributed by atoms with Crippen LogP contribution in [0.5, 0.6) is 0 Å². The van der Waals surface area contributed by atoms with Crippen molar-refractivity contribution in [1.29, 1.82) is 0 Å². The lowest BCUT2D eigenvalue weighted by atomic mass is 9.98. The van der Waals surface area contributed by atoms with Crippen LogP contribution in [0.1, 0.15) is 11.1 Å². The van der Waals surface area contributed by atoms with Gasteiger partial charge in [-0.3, -0.25) is 14.8 Å². The molecule has 0 radical (unpaired) electrons. The van der Waals surface area contributed by atoms with Crippen LogP contribution in [0.15, 0.2) is 36.7 Å². The molecule has 1 aliphatic heterocycles. The number of likely N-dealkylation sites (N-methyl/N-ethyl adjacent to an activating group) is 1. The van der Waals surface area contributed by atoms with Crippen molar-refractivity contribution < 1.29 is 44.2 Å². The SMILES string of the molecule is Cc1ccnc(-c2cc(COCCOCCOCCON(C)[C@@H]3O[C@H](CO)[C@@H](O)[C@H](O)[C@H]3O)ccn2)c1. The maximum absolute atomic E-state index is 10.1. The van der Waals surface area contributed by atoms with Crippen LogP contribution in [0.4, 0.5) is 0 Å². The molecule has 0 aliphatic carbocycles. The van der Waals surface area contributed by atoms with Gasteiger partial charge in [0.1, 0.15) is 24.4 Å². The van der Waals surface area contributed by atoms with Crippen LogP contribution in [0.3, 0.4) is 0 Å². The van der Waals surface area contributed by atoms with E-state index in [0.717, 1.165) is 22.5 Å². The number of aliphatic hydroxyl groups excluding tert-OH is 4. The molecule has 5 atom stereocenters. The molecule has 1 fully saturated rings. The Bertz CT molecular complexity index is 936. The predicted octanol–water partition coefficient (Wildman–Crippen LogP) is -0.335. The van der Waals surface area contributed by atoms with E-state index in [0.29, 0.717) is 33.0 Å². The van der Waals surface area contributed by atoms with E-state index in [4.69, 9.17) is 23.8 Å². The average Bonchev–Trinajstić information content (AvgIpc) is 2.90. The van der Waals surface area contributed by atoms with Gasteiger partial charge in [-0.05, 0) is 42.3 Å². The highest BCUT2D eigenvalue weighted by atomic mass is 16.7. The maximum atomic E-state index is 10.1. The zero-order chi connectivity index (χ0) is 26.6. The lowest BCUT2D eigenvalue weighted by molar-refractivity contribution is -0.328. The van der Waals surface area contributed by atoms with Crippen molar-refractivity contribution in [3.8, 4) is 11.4 Å². The fourth-order valence-electron chi connectivity index (χ4n) is 3.71. The Labute approximate surface area is 216 Å². The Morgan fingerprint density at radius 1 is 0.838 bits per heavy atom. The molecule has 0 bridgehead atoms. The molecule has 0 amide bonds. The Kier molecular flexibility index (Phi) is 12.2. The first-order valence-electron chi connectivity index (χ1n) is 12.2. The summed E-state index contributed by atoms with van der Waals surface area (Å²) in [6.45, 7) is 4.02. The summed E-state index contributed by atoms with van der Waals surface area (Å²) in [5.41, 5.74) is 3.77. The van der Waals surface area contributed by atoms with E-state index >= 15 is 0 Å². The fraction of sp³-hybridized carbons (Fsp3) is 0.600. The Morgan fingerprint density at radius 3 is 2.14 bits per heavy atom. The summed E-state index contributed by atoms with van der Waals surface area (Å²) >= 11 is 0. The number of pyridine rings is 2. The Morgan fingerprint density at radius 2 is 1.46 bits per heavy atom. The van der Waals surface area contributed by atoms with Gasteiger partial charge < -0.3 is 39.4 Å². The minimum atomic E-state index is -1.46. The molecule has 3 heterocycles. The molecule has 12 heteroatoms. The minimum absolute atomic E-state index is 0.167. The van der Waals surface area contributed by atoms with Gasteiger partial charge in [-0.1, -0.05) is 0 Å². The second kappa shape index (κ2) is 15.3. The summed E-state index contributed by atoms with van der Waals surface area (Å²) in [5.74, 6) is 0. The highest BCUT2D eigenvalue weighted by Crippen LogP contribution is 2.23. The topological polar surface area (TPSA) is 156 Å². The third-order valence-electron chi connectivity index (χ3n) is 5.76. The van der Waals surface area contributed by atoms with Crippen LogP contribution in [0, 0.1) is 6.92 Å². The van der Waals surface area contributed by atoms with Gasteiger partial charge in [0.05, 0.1) is 64.2 Å². The molecule has 3 rings (SSSR count). The van der Waals surface area contributed by atoms with Crippen molar-refractivity contribution in [3.05, 3.63) is 47.8 Å². The number of ether oxygens (including phenoxy) is 4. The molecule has 12 nitrogen and oxygen atoms in total. The summed E-state index contributed by atoms with van der Waals surface area (Å²) in [4.78, 5) is 14.2. The molecule has 2 aromatic rings. The van der Waals surface area contributed by atoms with Gasteiger partial charge in [-0.2, -0.15) is 5.06 Å². The molecule has 0 saturated carbocycles. The summed E-state index contributed by atoms with van der Waals surface area (Å²) in [5, 5.41) is 40.3. The normalized spacial score (nSPS) is 24.0. The smallest absolute Gasteiger partial charge is 0.161 e. The van der Waals surface area contributed by atoms with Gasteiger partial charge in [0.25, 0.3) is 0 Å². The first kappa shape index (κ1) is 29.5. The highest BCUT2D eigenvalue weighted by molar-refractivity contribution is 5.55. The maximum Gasteiger partial charge on any atom is 0.161 e. The number of hydrogen-bond donors (Lipinski definition) is 4. The molecule has 0 unspecified atom stereocenters. The third kappa shape index (κ3) is 9.00. The summed E-state index contributed by atoms with van der Waals surface area (Å²) < 4.78 is 22.1. The molecule has 1 saturated heterocycles. The van der Waals surface area contributed by atoms with Crippen molar-refractivity contribution in [2.75, 3.05) is 53.3 Å². The summed E-state index contributed by atoms with van der Waals surface area (Å²) in [7, 11) is 1.52. The van der Waals surface area contributed by atoms with Crippen molar-refractivity contribution in [3.63, 3.8) is 0 Å². The molecule has 206 valence electrons. The molecule has 0 spiro atoms. The number of aromatic nitrogens is 2. The van der Waals surface area contributed by atoms with E-state index in [9.17, 15) is 20.4 Å². The highest BCUT2D eigenvalue weighted by Gasteiger charge is 2.45. The molecular weight excluding hydrogens is 486 g/mol. The first-order chi connectivity index (χ1) is 17.9. The quantitative estimate of drug-likeness (QED) is 0.178. The number of aliphatic hydroxyl groups is 4. The molecule has 37 heavy (non-hydrogen) atoms. The molecular formula is C25H37N3O9. The fourth-order valence-corrected chi connectivity index (χ4v) is 3.71. The van der Waals surface area contributed by atoms with Crippen LogP contribution >= 0.6 is 0 Å². The van der Waals surface area contributed by atoms with Crippen molar-refractivity contribution in [2.45, 2.75) is 44.2 Å². The minimum Gasteiger partial charge on any atom is -0.394 e. The van der Waals surface area contributed by atoms with E-state index < -0.39 is 37.3 Å². The van der Waals surface area contributed by atoms with Crippen molar-refractivity contribution in [2.24, 2.45) is 0 Å². The number of hydroxylamine groups is 2. The lowest BCUT2D eigenvalue weighted by Gasteiger charge is -2.42. The van der Waals surface area contributed by atoms with Crippen LogP contribution in [-0.2, 0) is 30.4 Å². The third-order valence-corrected chi connectivity index (χ3v) is 5.76. The Balaban J connectivity index is 1.21. The van der Waals surface area contributed by atoms with E-state index in [2.05, 4.69) is 9.97 Å². The van der Waals surface area contributed by atoms with Crippen LogP contribution < -0.4 is 0 Å². The predicted molar refractivity (Wildman–Crippen MR) is 131 cm³/mol. The van der Waals surface area contributed by atoms with Crippen LogP contribution in [0.2, 0.25) is 0 Å². The average molecular weight is 524 g/mol. The van der Waals surface area contributed by atoms with Gasteiger partial charge in [0, 0.05) is 19.4 Å². The zero-order valence-electron chi connectivity index (χ0n) is 21.2. The van der Waals surface area contributed by atoms with E-state index in [1.807, 2.05) is 31.2 Å². The van der Waals surface area contributed by atoms with E-state index in [1.54, 1.807) is 12.4 Å². The molecule has 1 aliphatic rings. The standard InChI is InChI=1S/C25H37N3O9/c1-17-3-5-26-19(13-17)20-14-18(4-6-27-20)16-35-10-9-33-7-8-34-11-12-36-28(2)25-24(32)23(31)22(30)21(15-29)37-25/h3-6,13-14,21-25,29-32H,7-12,15-16H2,1-2H3/t21-,22-,23+,24-,25-/m1/s1. The molecule has 4 N–H and O–H groups in total. The lowest BCUT2D eigenvalue weighted by Crippen LogP contribution is -2.62. The number of aryl methyl sites for hydroxylation is 1. The molecule has 2 aromatic heterocycles. The van der Waals surface area contributed by atoms with Gasteiger partial charge in [0.15, 0.2) is 6.23 Å². The number of nitrogens with zero attached hydrogens (tertiary/aromatic N) is 3. The summed E-state index contributed by atoms with van der Waals surface area (Å²) in [6, 6.07) is 7.81. The van der Waals surface area contributed by atoms with E-state index in [-0.39, 0.29) is 13.2 Å². The van der Waals surface area contributed by atoms with Crippen LogP contribution in [-0.4, -0.2) is 119 Å².